The SMILES string of the molecule is COc1ccc2ccccc2c1C=C1N=C(c2cccc3ccccc23)OC1=O. The molecule has 0 bridgehead atoms. The number of hydrogen-bond donors (Lipinski definition) is 0. The summed E-state index contributed by atoms with van der Waals surface area (Å²) in [4.78, 5) is 17.1. The lowest BCUT2D eigenvalue weighted by Gasteiger charge is -2.08. The highest BCUT2D eigenvalue weighted by molar-refractivity contribution is 6.17. The number of carbonyl (C=O) groups is 1. The van der Waals surface area contributed by atoms with Crippen LogP contribution in [0.3, 0.4) is 0 Å². The normalized spacial score (nSPS) is 15.0. The van der Waals surface area contributed by atoms with Gasteiger partial charge in [0.15, 0.2) is 5.70 Å². The monoisotopic (exact) mass is 379 g/mol. The lowest BCUT2D eigenvalue weighted by molar-refractivity contribution is -0.129. The molecule has 0 saturated carbocycles. The van der Waals surface area contributed by atoms with Crippen molar-refractivity contribution < 1.29 is 14.3 Å². The smallest absolute Gasteiger partial charge is 0.363 e. The van der Waals surface area contributed by atoms with Crippen molar-refractivity contribution in [3.63, 3.8) is 0 Å². The van der Waals surface area contributed by atoms with Crippen molar-refractivity contribution in [3.05, 3.63) is 95.7 Å². The second-order valence-electron chi connectivity index (χ2n) is 6.77. The van der Waals surface area contributed by atoms with Gasteiger partial charge in [0.2, 0.25) is 5.90 Å². The Morgan fingerprint density at radius 1 is 0.828 bits per heavy atom. The number of hydrogen-bond acceptors (Lipinski definition) is 4. The third kappa shape index (κ3) is 2.95. The summed E-state index contributed by atoms with van der Waals surface area (Å²) in [5, 5.41) is 4.10. The van der Waals surface area contributed by atoms with Crippen LogP contribution >= 0.6 is 0 Å². The van der Waals surface area contributed by atoms with Gasteiger partial charge in [-0.25, -0.2) is 9.79 Å². The van der Waals surface area contributed by atoms with Crippen molar-refractivity contribution in [2.45, 2.75) is 0 Å². The summed E-state index contributed by atoms with van der Waals surface area (Å²) in [6, 6.07) is 25.7. The maximum Gasteiger partial charge on any atom is 0.363 e. The van der Waals surface area contributed by atoms with Crippen molar-refractivity contribution in [2.75, 3.05) is 7.11 Å². The molecule has 4 aromatic rings. The molecule has 0 aromatic heterocycles. The molecule has 140 valence electrons. The molecule has 0 fully saturated rings. The molecule has 1 aliphatic heterocycles. The molecular formula is C25H17NO3. The first-order valence-corrected chi connectivity index (χ1v) is 9.31. The van der Waals surface area contributed by atoms with Gasteiger partial charge in [0.25, 0.3) is 0 Å². The van der Waals surface area contributed by atoms with Crippen LogP contribution in [-0.4, -0.2) is 19.0 Å². The van der Waals surface area contributed by atoms with Gasteiger partial charge >= 0.3 is 5.97 Å². The van der Waals surface area contributed by atoms with Crippen molar-refractivity contribution in [1.29, 1.82) is 0 Å². The number of nitrogens with zero attached hydrogens (tertiary/aromatic N) is 1. The lowest BCUT2D eigenvalue weighted by Crippen LogP contribution is -2.06. The molecule has 1 heterocycles. The van der Waals surface area contributed by atoms with Crippen molar-refractivity contribution >= 4 is 39.5 Å². The minimum atomic E-state index is -0.470. The molecular weight excluding hydrogens is 362 g/mol. The molecule has 0 atom stereocenters. The fraction of sp³-hybridized carbons (Fsp3) is 0.0400. The molecule has 5 rings (SSSR count). The van der Waals surface area contributed by atoms with Crippen molar-refractivity contribution in [1.82, 2.24) is 0 Å². The maximum atomic E-state index is 12.6. The number of carbonyl (C=O) groups excluding carboxylic acids is 1. The first-order valence-electron chi connectivity index (χ1n) is 9.31. The van der Waals surface area contributed by atoms with Gasteiger partial charge in [0.05, 0.1) is 7.11 Å². The molecule has 29 heavy (non-hydrogen) atoms. The minimum Gasteiger partial charge on any atom is -0.496 e. The molecule has 0 N–H and O–H groups in total. The van der Waals surface area contributed by atoms with Crippen LogP contribution in [0.25, 0.3) is 27.6 Å². The molecule has 0 radical (unpaired) electrons. The third-order valence-electron chi connectivity index (χ3n) is 5.07. The second-order valence-corrected chi connectivity index (χ2v) is 6.77. The van der Waals surface area contributed by atoms with Gasteiger partial charge in [-0.1, -0.05) is 66.7 Å². The highest BCUT2D eigenvalue weighted by Gasteiger charge is 2.26. The van der Waals surface area contributed by atoms with Crippen LogP contribution < -0.4 is 4.74 Å². The van der Waals surface area contributed by atoms with Crippen LogP contribution in [0.5, 0.6) is 5.75 Å². The van der Waals surface area contributed by atoms with Crippen molar-refractivity contribution in [3.8, 4) is 5.75 Å². The van der Waals surface area contributed by atoms with E-state index in [0.29, 0.717) is 11.6 Å². The summed E-state index contributed by atoms with van der Waals surface area (Å²) >= 11 is 0. The quantitative estimate of drug-likeness (QED) is 0.356. The summed E-state index contributed by atoms with van der Waals surface area (Å²) in [5.74, 6) is 0.526. The Labute approximate surface area is 167 Å². The Hall–Kier alpha value is -3.92. The fourth-order valence-electron chi connectivity index (χ4n) is 3.68. The zero-order valence-electron chi connectivity index (χ0n) is 15.8. The van der Waals surface area contributed by atoms with E-state index in [2.05, 4.69) is 4.99 Å². The van der Waals surface area contributed by atoms with E-state index in [1.54, 1.807) is 13.2 Å². The van der Waals surface area contributed by atoms with Gasteiger partial charge < -0.3 is 9.47 Å². The minimum absolute atomic E-state index is 0.252. The molecule has 4 nitrogen and oxygen atoms in total. The topological polar surface area (TPSA) is 47.9 Å². The summed E-state index contributed by atoms with van der Waals surface area (Å²) in [6.07, 6.45) is 1.74. The molecule has 0 unspecified atom stereocenters. The third-order valence-corrected chi connectivity index (χ3v) is 5.07. The van der Waals surface area contributed by atoms with Crippen LogP contribution in [-0.2, 0) is 9.53 Å². The second kappa shape index (κ2) is 6.91. The van der Waals surface area contributed by atoms with E-state index in [-0.39, 0.29) is 5.70 Å². The number of cyclic esters (lactones) is 1. The van der Waals surface area contributed by atoms with Gasteiger partial charge in [-0.3, -0.25) is 0 Å². The van der Waals surface area contributed by atoms with E-state index in [0.717, 1.165) is 32.7 Å². The Bertz CT molecular complexity index is 1330. The van der Waals surface area contributed by atoms with Crippen molar-refractivity contribution in [2.24, 2.45) is 4.99 Å². The van der Waals surface area contributed by atoms with E-state index in [1.165, 1.54) is 0 Å². The average Bonchev–Trinajstić information content (AvgIpc) is 3.13. The van der Waals surface area contributed by atoms with E-state index in [9.17, 15) is 4.79 Å². The molecule has 4 heteroatoms. The highest BCUT2D eigenvalue weighted by Crippen LogP contribution is 2.32. The van der Waals surface area contributed by atoms with Crippen LogP contribution in [0.4, 0.5) is 0 Å². The summed E-state index contributed by atoms with van der Waals surface area (Å²) in [5.41, 5.74) is 1.85. The predicted octanol–water partition coefficient (Wildman–Crippen LogP) is 5.35. The standard InChI is InChI=1S/C25H17NO3/c1-28-23-14-13-17-8-3-5-11-19(17)21(23)15-22-25(27)29-24(26-22)20-12-6-9-16-7-2-4-10-18(16)20/h2-15H,1H3. The number of ether oxygens (including phenoxy) is 2. The van der Waals surface area contributed by atoms with E-state index in [4.69, 9.17) is 9.47 Å². The molecule has 4 aromatic carbocycles. The van der Waals surface area contributed by atoms with Gasteiger partial charge in [-0.2, -0.15) is 0 Å². The summed E-state index contributed by atoms with van der Waals surface area (Å²) in [7, 11) is 1.61. The summed E-state index contributed by atoms with van der Waals surface area (Å²) in [6.45, 7) is 0. The molecule has 1 aliphatic rings. The van der Waals surface area contributed by atoms with Gasteiger partial charge in [0, 0.05) is 11.1 Å². The van der Waals surface area contributed by atoms with Crippen LogP contribution in [0.15, 0.2) is 89.6 Å². The number of methoxy groups -OCH3 is 1. The van der Waals surface area contributed by atoms with E-state index < -0.39 is 5.97 Å². The number of esters is 1. The largest absolute Gasteiger partial charge is 0.496 e. The Morgan fingerprint density at radius 3 is 2.31 bits per heavy atom. The highest BCUT2D eigenvalue weighted by atomic mass is 16.6. The van der Waals surface area contributed by atoms with Gasteiger partial charge in [0.1, 0.15) is 5.75 Å². The van der Waals surface area contributed by atoms with E-state index in [1.807, 2.05) is 78.9 Å². The Kier molecular flexibility index (Phi) is 4.10. The first-order chi connectivity index (χ1) is 14.2. The van der Waals surface area contributed by atoms with Gasteiger partial charge in [-0.05, 0) is 39.8 Å². The predicted molar refractivity (Wildman–Crippen MR) is 115 cm³/mol. The molecule has 0 saturated heterocycles. The van der Waals surface area contributed by atoms with Crippen LogP contribution in [0.2, 0.25) is 0 Å². The Morgan fingerprint density at radius 2 is 1.52 bits per heavy atom. The molecule has 0 amide bonds. The zero-order chi connectivity index (χ0) is 19.8. The Balaban J connectivity index is 1.66. The average molecular weight is 379 g/mol. The van der Waals surface area contributed by atoms with Gasteiger partial charge in [-0.15, -0.1) is 0 Å². The lowest BCUT2D eigenvalue weighted by atomic mass is 10.0. The molecule has 0 aliphatic carbocycles. The number of aliphatic imine (C=N–C) groups is 1. The first kappa shape index (κ1) is 17.2. The maximum absolute atomic E-state index is 12.6. The van der Waals surface area contributed by atoms with E-state index >= 15 is 0 Å². The summed E-state index contributed by atoms with van der Waals surface area (Å²) < 4.78 is 11.1. The number of rotatable bonds is 3. The van der Waals surface area contributed by atoms with Crippen LogP contribution in [0, 0.1) is 0 Å². The fourth-order valence-corrected chi connectivity index (χ4v) is 3.68. The van der Waals surface area contributed by atoms with Crippen LogP contribution in [0.1, 0.15) is 11.1 Å². The number of benzene rings is 4. The zero-order valence-corrected chi connectivity index (χ0v) is 15.8. The molecule has 0 spiro atoms. The number of fused-ring (bicyclic) bond motifs is 2.